The quantitative estimate of drug-likeness (QED) is 0.336. The minimum absolute atomic E-state index is 0. The average molecular weight is 466 g/mol. The standard InChI is InChI=1S/C25H29NO4S.Mg.2H/c1-4-29-24(25(27)28)17-19-6-10-21(11-7-19)30-16-15-26-18(2)5-14-23(26)20-8-12-22(31-3)13-9-20;;;/h5-14,24H,4,15-17H2,1-3H3,(H,27,28);;;. The van der Waals surface area contributed by atoms with E-state index in [2.05, 4.69) is 54.1 Å². The number of carboxylic acid groups (broad SMARTS) is 1. The Hall–Kier alpha value is -1.93. The Bertz CT molecular complexity index is 986. The molecule has 0 aliphatic heterocycles. The fourth-order valence-electron chi connectivity index (χ4n) is 3.49. The molecule has 0 aliphatic rings. The molecule has 3 rings (SSSR count). The Morgan fingerprint density at radius 1 is 1.06 bits per heavy atom. The van der Waals surface area contributed by atoms with Crippen molar-refractivity contribution in [3.63, 3.8) is 0 Å². The van der Waals surface area contributed by atoms with E-state index in [9.17, 15) is 9.90 Å². The van der Waals surface area contributed by atoms with Crippen LogP contribution in [0.4, 0.5) is 0 Å². The van der Waals surface area contributed by atoms with Crippen LogP contribution in [0, 0.1) is 6.92 Å². The monoisotopic (exact) mass is 465 g/mol. The Morgan fingerprint density at radius 3 is 2.34 bits per heavy atom. The van der Waals surface area contributed by atoms with Gasteiger partial charge in [-0.15, -0.1) is 11.8 Å². The smallest absolute Gasteiger partial charge is 0.333 e. The minimum atomic E-state index is -0.942. The normalized spacial score (nSPS) is 11.6. The van der Waals surface area contributed by atoms with Gasteiger partial charge in [0.15, 0.2) is 6.10 Å². The first-order chi connectivity index (χ1) is 15.0. The minimum Gasteiger partial charge on any atom is -0.492 e. The van der Waals surface area contributed by atoms with Crippen LogP contribution in [0.1, 0.15) is 18.2 Å². The molecule has 7 heteroatoms. The van der Waals surface area contributed by atoms with Gasteiger partial charge in [-0.05, 0) is 67.6 Å². The summed E-state index contributed by atoms with van der Waals surface area (Å²) in [5.74, 6) is -0.175. The molecule has 0 saturated carbocycles. The lowest BCUT2D eigenvalue weighted by Crippen LogP contribution is -2.26. The number of aryl methyl sites for hydroxylation is 1. The number of thioether (sulfide) groups is 1. The summed E-state index contributed by atoms with van der Waals surface area (Å²) in [6.45, 7) is 5.56. The highest BCUT2D eigenvalue weighted by atomic mass is 32.2. The maximum absolute atomic E-state index is 11.3. The van der Waals surface area contributed by atoms with Gasteiger partial charge in [-0.3, -0.25) is 0 Å². The summed E-state index contributed by atoms with van der Waals surface area (Å²) in [5, 5.41) is 9.23. The molecule has 0 saturated heterocycles. The summed E-state index contributed by atoms with van der Waals surface area (Å²) in [5.41, 5.74) is 4.47. The van der Waals surface area contributed by atoms with Crippen molar-refractivity contribution in [3.05, 3.63) is 71.9 Å². The fraction of sp³-hybridized carbons (Fsp3) is 0.320. The number of hydrogen-bond donors (Lipinski definition) is 1. The third-order valence-corrected chi connectivity index (χ3v) is 5.90. The predicted molar refractivity (Wildman–Crippen MR) is 134 cm³/mol. The first kappa shape index (κ1) is 26.3. The van der Waals surface area contributed by atoms with Crippen LogP contribution < -0.4 is 4.74 Å². The Labute approximate surface area is 210 Å². The molecular weight excluding hydrogens is 435 g/mol. The van der Waals surface area contributed by atoms with E-state index < -0.39 is 12.1 Å². The maximum Gasteiger partial charge on any atom is 0.333 e. The molecule has 1 heterocycles. The SMILES string of the molecule is CCOC(Cc1ccc(OCCn2c(C)ccc2-c2ccc(SC)cc2)cc1)C(=O)O.[MgH2]. The van der Waals surface area contributed by atoms with Crippen LogP contribution in [0.15, 0.2) is 65.6 Å². The summed E-state index contributed by atoms with van der Waals surface area (Å²) < 4.78 is 13.5. The number of nitrogens with zero attached hydrogens (tertiary/aromatic N) is 1. The van der Waals surface area contributed by atoms with E-state index in [0.29, 0.717) is 19.6 Å². The number of aromatic nitrogens is 1. The van der Waals surface area contributed by atoms with Crippen molar-refractivity contribution >= 4 is 40.8 Å². The zero-order valence-corrected chi connectivity index (χ0v) is 19.0. The van der Waals surface area contributed by atoms with E-state index >= 15 is 0 Å². The number of carbonyl (C=O) groups is 1. The van der Waals surface area contributed by atoms with Crippen LogP contribution in [0.5, 0.6) is 5.75 Å². The van der Waals surface area contributed by atoms with Crippen LogP contribution >= 0.6 is 11.8 Å². The van der Waals surface area contributed by atoms with E-state index in [1.807, 2.05) is 24.3 Å². The predicted octanol–water partition coefficient (Wildman–Crippen LogP) is 4.38. The molecule has 168 valence electrons. The van der Waals surface area contributed by atoms with Crippen molar-refractivity contribution < 1.29 is 19.4 Å². The lowest BCUT2D eigenvalue weighted by Gasteiger charge is -2.14. The molecule has 1 atom stereocenters. The summed E-state index contributed by atoms with van der Waals surface area (Å²) in [6, 6.07) is 20.4. The first-order valence-electron chi connectivity index (χ1n) is 10.4. The van der Waals surface area contributed by atoms with Gasteiger partial charge in [0.25, 0.3) is 0 Å². The van der Waals surface area contributed by atoms with E-state index in [4.69, 9.17) is 9.47 Å². The van der Waals surface area contributed by atoms with Crippen molar-refractivity contribution in [2.75, 3.05) is 19.5 Å². The molecule has 32 heavy (non-hydrogen) atoms. The molecule has 0 amide bonds. The van der Waals surface area contributed by atoms with Crippen molar-refractivity contribution in [2.45, 2.75) is 37.8 Å². The van der Waals surface area contributed by atoms with Crippen LogP contribution in [0.3, 0.4) is 0 Å². The second-order valence-corrected chi connectivity index (χ2v) is 8.10. The lowest BCUT2D eigenvalue weighted by atomic mass is 10.1. The van der Waals surface area contributed by atoms with Gasteiger partial charge in [0.1, 0.15) is 12.4 Å². The second kappa shape index (κ2) is 12.9. The van der Waals surface area contributed by atoms with Crippen LogP contribution in [0.25, 0.3) is 11.3 Å². The van der Waals surface area contributed by atoms with Gasteiger partial charge in [-0.2, -0.15) is 0 Å². The van der Waals surface area contributed by atoms with E-state index in [-0.39, 0.29) is 23.1 Å². The molecule has 2 aromatic carbocycles. The first-order valence-corrected chi connectivity index (χ1v) is 11.6. The van der Waals surface area contributed by atoms with Crippen molar-refractivity contribution in [3.8, 4) is 17.0 Å². The summed E-state index contributed by atoms with van der Waals surface area (Å²) >= 11 is 1.74. The van der Waals surface area contributed by atoms with Gasteiger partial charge < -0.3 is 19.1 Å². The topological polar surface area (TPSA) is 60.7 Å². The Kier molecular flexibility index (Phi) is 10.6. The molecule has 0 fully saturated rings. The Morgan fingerprint density at radius 2 is 1.75 bits per heavy atom. The van der Waals surface area contributed by atoms with E-state index in [1.165, 1.54) is 21.8 Å². The molecule has 1 N–H and O–H groups in total. The molecule has 5 nitrogen and oxygen atoms in total. The number of hydrogen-bond acceptors (Lipinski definition) is 4. The number of ether oxygens (including phenoxy) is 2. The van der Waals surface area contributed by atoms with Crippen LogP contribution in [-0.2, 0) is 22.5 Å². The highest BCUT2D eigenvalue weighted by Gasteiger charge is 2.17. The maximum atomic E-state index is 11.3. The lowest BCUT2D eigenvalue weighted by molar-refractivity contribution is -0.149. The van der Waals surface area contributed by atoms with Gasteiger partial charge in [0.05, 0.1) is 6.54 Å². The van der Waals surface area contributed by atoms with Gasteiger partial charge >= 0.3 is 29.0 Å². The second-order valence-electron chi connectivity index (χ2n) is 7.22. The van der Waals surface area contributed by atoms with E-state index in [0.717, 1.165) is 17.9 Å². The molecule has 1 unspecified atom stereocenters. The fourth-order valence-corrected chi connectivity index (χ4v) is 3.90. The molecule has 1 aromatic heterocycles. The zero-order chi connectivity index (χ0) is 22.2. The van der Waals surface area contributed by atoms with Crippen molar-refractivity contribution in [1.29, 1.82) is 0 Å². The zero-order valence-electron chi connectivity index (χ0n) is 18.2. The van der Waals surface area contributed by atoms with Crippen LogP contribution in [0.2, 0.25) is 0 Å². The molecule has 3 aromatic rings. The molecular formula is C25H31MgNO4S. The number of benzene rings is 2. The van der Waals surface area contributed by atoms with Gasteiger partial charge in [0.2, 0.25) is 0 Å². The van der Waals surface area contributed by atoms with Gasteiger partial charge in [-0.1, -0.05) is 24.3 Å². The third-order valence-electron chi connectivity index (χ3n) is 5.16. The molecule has 0 spiro atoms. The molecule has 0 bridgehead atoms. The highest BCUT2D eigenvalue weighted by molar-refractivity contribution is 7.98. The highest BCUT2D eigenvalue weighted by Crippen LogP contribution is 2.25. The van der Waals surface area contributed by atoms with Gasteiger partial charge in [-0.25, -0.2) is 4.79 Å². The summed E-state index contributed by atoms with van der Waals surface area (Å²) in [4.78, 5) is 12.5. The van der Waals surface area contributed by atoms with Gasteiger partial charge in [0, 0.05) is 29.3 Å². The summed E-state index contributed by atoms with van der Waals surface area (Å²) in [7, 11) is 0. The third kappa shape index (κ3) is 7.03. The largest absolute Gasteiger partial charge is 0.492 e. The Balaban J connectivity index is 0.00000363. The van der Waals surface area contributed by atoms with Crippen LogP contribution in [-0.4, -0.2) is 64.3 Å². The van der Waals surface area contributed by atoms with Crippen molar-refractivity contribution in [2.24, 2.45) is 0 Å². The number of carboxylic acids is 1. The molecule has 0 aliphatic carbocycles. The number of rotatable bonds is 11. The van der Waals surface area contributed by atoms with Crippen molar-refractivity contribution in [1.82, 2.24) is 4.57 Å². The average Bonchev–Trinajstić information content (AvgIpc) is 3.15. The summed E-state index contributed by atoms with van der Waals surface area (Å²) in [6.07, 6.45) is 1.59. The molecule has 0 radical (unpaired) electrons. The van der Waals surface area contributed by atoms with E-state index in [1.54, 1.807) is 18.7 Å². The number of aliphatic carboxylic acids is 1.